The molecule has 2 N–H and O–H groups in total. The van der Waals surface area contributed by atoms with E-state index in [0.29, 0.717) is 5.11 Å². The molecule has 0 saturated heterocycles. The van der Waals surface area contributed by atoms with E-state index in [1.54, 1.807) is 13.3 Å². The minimum absolute atomic E-state index is 0.609. The molecule has 0 atom stereocenters. The smallest absolute Gasteiger partial charge is 0.170 e. The molecular formula is C21H22ClN3OS2. The van der Waals surface area contributed by atoms with Crippen molar-refractivity contribution in [2.24, 2.45) is 0 Å². The Hall–Kier alpha value is -2.02. The summed E-state index contributed by atoms with van der Waals surface area (Å²) >= 11 is 13.2. The molecular weight excluding hydrogens is 410 g/mol. The number of nitrogens with one attached hydrogen (secondary N) is 2. The number of halogens is 1. The van der Waals surface area contributed by atoms with Gasteiger partial charge in [-0.05, 0) is 66.4 Å². The summed E-state index contributed by atoms with van der Waals surface area (Å²) < 4.78 is 5.38. The zero-order valence-corrected chi connectivity index (χ0v) is 18.0. The first-order valence-electron chi connectivity index (χ1n) is 8.96. The van der Waals surface area contributed by atoms with Crippen molar-refractivity contribution in [1.29, 1.82) is 0 Å². The van der Waals surface area contributed by atoms with Gasteiger partial charge in [0.15, 0.2) is 5.11 Å². The van der Waals surface area contributed by atoms with E-state index in [-0.39, 0.29) is 0 Å². The summed E-state index contributed by atoms with van der Waals surface area (Å²) in [5.41, 5.74) is 3.02. The van der Waals surface area contributed by atoms with Crippen LogP contribution >= 0.6 is 35.6 Å². The molecule has 0 bridgehead atoms. The highest BCUT2D eigenvalue weighted by Crippen LogP contribution is 2.29. The quantitative estimate of drug-likeness (QED) is 0.362. The van der Waals surface area contributed by atoms with Crippen LogP contribution in [-0.4, -0.2) is 29.5 Å². The topological polar surface area (TPSA) is 46.2 Å². The second kappa shape index (κ2) is 10.5. The molecule has 146 valence electrons. The number of hydrogen-bond donors (Lipinski definition) is 2. The van der Waals surface area contributed by atoms with Crippen LogP contribution in [0.4, 0.5) is 5.69 Å². The van der Waals surface area contributed by atoms with Gasteiger partial charge >= 0.3 is 0 Å². The van der Waals surface area contributed by atoms with Crippen LogP contribution in [-0.2, 0) is 5.75 Å². The van der Waals surface area contributed by atoms with Crippen molar-refractivity contribution in [3.63, 3.8) is 0 Å². The van der Waals surface area contributed by atoms with E-state index in [2.05, 4.69) is 27.8 Å². The second-order valence-electron chi connectivity index (χ2n) is 6.13. The number of benzene rings is 2. The van der Waals surface area contributed by atoms with Gasteiger partial charge in [0, 0.05) is 34.6 Å². The lowest BCUT2D eigenvalue weighted by Gasteiger charge is -2.13. The molecule has 4 nitrogen and oxygen atoms in total. The highest BCUT2D eigenvalue weighted by atomic mass is 35.5. The van der Waals surface area contributed by atoms with Gasteiger partial charge in [-0.3, -0.25) is 4.98 Å². The third kappa shape index (κ3) is 5.74. The summed E-state index contributed by atoms with van der Waals surface area (Å²) in [6.07, 6.45) is 2.79. The number of thioether (sulfide) groups is 1. The van der Waals surface area contributed by atoms with Gasteiger partial charge in [-0.1, -0.05) is 23.7 Å². The second-order valence-corrected chi connectivity index (χ2v) is 8.08. The fourth-order valence-corrected chi connectivity index (χ4v) is 3.99. The SMILES string of the molecule is COc1ccc(NC(=S)NCCCSCc2ccc(Cl)cc2)c2cccnc12. The monoisotopic (exact) mass is 431 g/mol. The van der Waals surface area contributed by atoms with Crippen molar-refractivity contribution in [1.82, 2.24) is 10.3 Å². The van der Waals surface area contributed by atoms with Crippen LogP contribution in [0.1, 0.15) is 12.0 Å². The lowest BCUT2D eigenvalue weighted by atomic mass is 10.1. The molecule has 0 fully saturated rings. The minimum Gasteiger partial charge on any atom is -0.494 e. The molecule has 0 aliphatic heterocycles. The number of rotatable bonds is 8. The summed E-state index contributed by atoms with van der Waals surface area (Å²) in [5.74, 6) is 2.80. The van der Waals surface area contributed by atoms with Crippen LogP contribution in [0.3, 0.4) is 0 Å². The Kier molecular flexibility index (Phi) is 7.77. The van der Waals surface area contributed by atoms with E-state index in [0.717, 1.165) is 51.8 Å². The van der Waals surface area contributed by atoms with E-state index in [1.807, 2.05) is 48.2 Å². The molecule has 1 aromatic heterocycles. The van der Waals surface area contributed by atoms with Crippen LogP contribution in [0, 0.1) is 0 Å². The first kappa shape index (κ1) is 20.7. The number of hydrogen-bond acceptors (Lipinski definition) is 4. The third-order valence-corrected chi connectivity index (χ3v) is 5.75. The fraction of sp³-hybridized carbons (Fsp3) is 0.238. The number of anilines is 1. The molecule has 0 spiro atoms. The Morgan fingerprint density at radius 2 is 2.00 bits per heavy atom. The van der Waals surface area contributed by atoms with E-state index in [4.69, 9.17) is 28.6 Å². The number of aromatic nitrogens is 1. The van der Waals surface area contributed by atoms with Crippen molar-refractivity contribution >= 4 is 57.3 Å². The van der Waals surface area contributed by atoms with Gasteiger partial charge in [0.25, 0.3) is 0 Å². The van der Waals surface area contributed by atoms with Crippen molar-refractivity contribution in [3.05, 3.63) is 65.3 Å². The predicted molar refractivity (Wildman–Crippen MR) is 125 cm³/mol. The lowest BCUT2D eigenvalue weighted by Crippen LogP contribution is -2.29. The standard InChI is InChI=1S/C21H22ClN3OS2/c1-26-19-10-9-18(17-4-2-11-23-20(17)19)25-21(27)24-12-3-13-28-14-15-5-7-16(22)8-6-15/h2,4-11H,3,12-14H2,1H3,(H2,24,25,27). The molecule has 0 aliphatic rings. The minimum atomic E-state index is 0.609. The summed E-state index contributed by atoms with van der Waals surface area (Å²) in [7, 11) is 1.65. The van der Waals surface area contributed by atoms with Gasteiger partial charge in [-0.25, -0.2) is 0 Å². The van der Waals surface area contributed by atoms with E-state index in [9.17, 15) is 0 Å². The molecule has 0 saturated carbocycles. The maximum atomic E-state index is 5.91. The highest BCUT2D eigenvalue weighted by Gasteiger charge is 2.08. The average Bonchev–Trinajstić information content (AvgIpc) is 2.72. The van der Waals surface area contributed by atoms with Gasteiger partial charge in [-0.2, -0.15) is 11.8 Å². The Morgan fingerprint density at radius 3 is 2.79 bits per heavy atom. The molecule has 0 unspecified atom stereocenters. The lowest BCUT2D eigenvalue weighted by molar-refractivity contribution is 0.419. The van der Waals surface area contributed by atoms with E-state index < -0.39 is 0 Å². The van der Waals surface area contributed by atoms with Crippen molar-refractivity contribution in [2.45, 2.75) is 12.2 Å². The Bertz CT molecular complexity index is 935. The molecule has 0 amide bonds. The summed E-state index contributed by atoms with van der Waals surface area (Å²) in [6.45, 7) is 0.825. The third-order valence-electron chi connectivity index (χ3n) is 4.13. The zero-order valence-electron chi connectivity index (χ0n) is 15.6. The molecule has 28 heavy (non-hydrogen) atoms. The largest absolute Gasteiger partial charge is 0.494 e. The number of thiocarbonyl (C=S) groups is 1. The van der Waals surface area contributed by atoms with Gasteiger partial charge in [-0.15, -0.1) is 0 Å². The number of pyridine rings is 1. The molecule has 0 aliphatic carbocycles. The number of fused-ring (bicyclic) bond motifs is 1. The van der Waals surface area contributed by atoms with Gasteiger partial charge in [0.1, 0.15) is 11.3 Å². The van der Waals surface area contributed by atoms with Crippen molar-refractivity contribution in [2.75, 3.05) is 24.7 Å². The maximum absolute atomic E-state index is 5.91. The zero-order chi connectivity index (χ0) is 19.8. The molecule has 1 heterocycles. The summed E-state index contributed by atoms with van der Waals surface area (Å²) in [6, 6.07) is 15.8. The summed E-state index contributed by atoms with van der Waals surface area (Å²) in [4.78, 5) is 4.41. The highest BCUT2D eigenvalue weighted by molar-refractivity contribution is 7.98. The van der Waals surface area contributed by atoms with Crippen LogP contribution < -0.4 is 15.4 Å². The predicted octanol–water partition coefficient (Wildman–Crippen LogP) is 5.51. The normalized spacial score (nSPS) is 10.6. The molecule has 7 heteroatoms. The summed E-state index contributed by atoms with van der Waals surface area (Å²) in [5, 5.41) is 8.90. The van der Waals surface area contributed by atoms with Crippen LogP contribution in [0.15, 0.2) is 54.7 Å². The number of nitrogens with zero attached hydrogens (tertiary/aromatic N) is 1. The first-order valence-corrected chi connectivity index (χ1v) is 10.9. The van der Waals surface area contributed by atoms with Crippen LogP contribution in [0.25, 0.3) is 10.9 Å². The Labute approximate surface area is 180 Å². The van der Waals surface area contributed by atoms with Crippen molar-refractivity contribution in [3.8, 4) is 5.75 Å². The molecule has 3 aromatic rings. The van der Waals surface area contributed by atoms with Crippen LogP contribution in [0.5, 0.6) is 5.75 Å². The van der Waals surface area contributed by atoms with Gasteiger partial charge < -0.3 is 15.4 Å². The van der Waals surface area contributed by atoms with Gasteiger partial charge in [0.05, 0.1) is 7.11 Å². The van der Waals surface area contributed by atoms with Crippen LogP contribution in [0.2, 0.25) is 5.02 Å². The molecule has 3 rings (SSSR count). The Morgan fingerprint density at radius 1 is 1.18 bits per heavy atom. The average molecular weight is 432 g/mol. The maximum Gasteiger partial charge on any atom is 0.170 e. The first-order chi connectivity index (χ1) is 13.7. The fourth-order valence-electron chi connectivity index (χ4n) is 2.73. The van der Waals surface area contributed by atoms with Crippen molar-refractivity contribution < 1.29 is 4.74 Å². The van der Waals surface area contributed by atoms with Gasteiger partial charge in [0.2, 0.25) is 0 Å². The number of methoxy groups -OCH3 is 1. The molecule has 0 radical (unpaired) electrons. The van der Waals surface area contributed by atoms with E-state index in [1.165, 1.54) is 5.56 Å². The van der Waals surface area contributed by atoms with E-state index >= 15 is 0 Å². The number of ether oxygens (including phenoxy) is 1. The Balaban J connectivity index is 1.42. The molecule has 2 aromatic carbocycles.